The molecule has 2 N–H and O–H groups in total. The van der Waals surface area contributed by atoms with Crippen LogP contribution in [0.15, 0.2) is 4.99 Å². The number of aliphatic imine (C=N–C) groups is 1. The highest BCUT2D eigenvalue weighted by atomic mass is 127. The number of likely N-dealkylation sites (tertiary alicyclic amines) is 1. The third kappa shape index (κ3) is 5.83. The Hall–Kier alpha value is -0.900. The van der Waals surface area contributed by atoms with Crippen molar-refractivity contribution >= 4 is 29.9 Å². The molecule has 3 heterocycles. The van der Waals surface area contributed by atoms with Crippen LogP contribution in [0.1, 0.15) is 75.5 Å². The van der Waals surface area contributed by atoms with Gasteiger partial charge in [0.05, 0.1) is 6.04 Å². The fourth-order valence-corrected chi connectivity index (χ4v) is 5.25. The molecule has 1 aliphatic carbocycles. The van der Waals surface area contributed by atoms with Gasteiger partial charge in [0, 0.05) is 32.7 Å². The van der Waals surface area contributed by atoms with Crippen molar-refractivity contribution in [2.45, 2.75) is 83.3 Å². The maximum absolute atomic E-state index is 4.63. The fourth-order valence-electron chi connectivity index (χ4n) is 5.25. The van der Waals surface area contributed by atoms with E-state index in [9.17, 15) is 0 Å². The Morgan fingerprint density at radius 3 is 2.66 bits per heavy atom. The van der Waals surface area contributed by atoms with Crippen LogP contribution in [0.3, 0.4) is 0 Å². The molecule has 1 aromatic heterocycles. The van der Waals surface area contributed by atoms with Crippen molar-refractivity contribution in [1.29, 1.82) is 0 Å². The first-order valence-corrected chi connectivity index (χ1v) is 11.4. The number of rotatable bonds is 5. The molecular formula is C21H38IN7. The number of hydrogen-bond donors (Lipinski definition) is 2. The Balaban J connectivity index is 0.00000240. The number of nitrogens with zero attached hydrogens (tertiary/aromatic N) is 5. The second-order valence-electron chi connectivity index (χ2n) is 8.83. The minimum Gasteiger partial charge on any atom is -0.355 e. The van der Waals surface area contributed by atoms with Crippen molar-refractivity contribution in [3.05, 3.63) is 11.6 Å². The molecular weight excluding hydrogens is 477 g/mol. The minimum atomic E-state index is 0. The van der Waals surface area contributed by atoms with Gasteiger partial charge in [-0.15, -0.1) is 24.0 Å². The summed E-state index contributed by atoms with van der Waals surface area (Å²) in [5.74, 6) is 3.72. The molecule has 164 valence electrons. The molecule has 1 saturated heterocycles. The van der Waals surface area contributed by atoms with Gasteiger partial charge in [0.1, 0.15) is 11.6 Å². The SMILES string of the molecule is CN=C(NCC1CCCN1CC1CCCCC1)NC1CCCn2nc(C)nc21.I. The number of guanidine groups is 1. The van der Waals surface area contributed by atoms with Gasteiger partial charge < -0.3 is 10.6 Å². The third-order valence-corrected chi connectivity index (χ3v) is 6.74. The van der Waals surface area contributed by atoms with Gasteiger partial charge in [0.15, 0.2) is 5.96 Å². The van der Waals surface area contributed by atoms with E-state index in [1.165, 1.54) is 58.0 Å². The Kier molecular flexibility index (Phi) is 8.58. The fraction of sp³-hybridized carbons (Fsp3) is 0.857. The Morgan fingerprint density at radius 2 is 1.86 bits per heavy atom. The van der Waals surface area contributed by atoms with Gasteiger partial charge in [0.2, 0.25) is 0 Å². The highest BCUT2D eigenvalue weighted by Crippen LogP contribution is 2.27. The number of aromatic nitrogens is 3. The lowest BCUT2D eigenvalue weighted by Crippen LogP contribution is -2.47. The first-order chi connectivity index (χ1) is 13.7. The molecule has 3 aliphatic rings. The van der Waals surface area contributed by atoms with Crippen LogP contribution in [0, 0.1) is 12.8 Å². The van der Waals surface area contributed by atoms with E-state index in [4.69, 9.17) is 0 Å². The van der Waals surface area contributed by atoms with Gasteiger partial charge >= 0.3 is 0 Å². The van der Waals surface area contributed by atoms with Crippen LogP contribution < -0.4 is 10.6 Å². The van der Waals surface area contributed by atoms with E-state index < -0.39 is 0 Å². The Labute approximate surface area is 192 Å². The molecule has 29 heavy (non-hydrogen) atoms. The van der Waals surface area contributed by atoms with E-state index in [1.54, 1.807) is 0 Å². The summed E-state index contributed by atoms with van der Waals surface area (Å²) in [5.41, 5.74) is 0. The molecule has 0 bridgehead atoms. The topological polar surface area (TPSA) is 70.4 Å². The summed E-state index contributed by atoms with van der Waals surface area (Å²) in [6.07, 6.45) is 12.0. The minimum absolute atomic E-state index is 0. The van der Waals surface area contributed by atoms with Crippen molar-refractivity contribution in [3.8, 4) is 0 Å². The van der Waals surface area contributed by atoms with Crippen molar-refractivity contribution in [2.24, 2.45) is 10.9 Å². The van der Waals surface area contributed by atoms with Gasteiger partial charge in [-0.3, -0.25) is 9.89 Å². The number of halogens is 1. The summed E-state index contributed by atoms with van der Waals surface area (Å²) in [6.45, 7) is 6.48. The summed E-state index contributed by atoms with van der Waals surface area (Å²) in [7, 11) is 1.86. The molecule has 8 heteroatoms. The van der Waals surface area contributed by atoms with Crippen molar-refractivity contribution in [1.82, 2.24) is 30.3 Å². The monoisotopic (exact) mass is 515 g/mol. The van der Waals surface area contributed by atoms with Crippen LogP contribution in [0.25, 0.3) is 0 Å². The van der Waals surface area contributed by atoms with Crippen molar-refractivity contribution in [3.63, 3.8) is 0 Å². The van der Waals surface area contributed by atoms with E-state index in [-0.39, 0.29) is 30.0 Å². The molecule has 1 saturated carbocycles. The average molecular weight is 515 g/mol. The lowest BCUT2D eigenvalue weighted by Gasteiger charge is -2.31. The second-order valence-corrected chi connectivity index (χ2v) is 8.83. The van der Waals surface area contributed by atoms with Crippen molar-refractivity contribution in [2.75, 3.05) is 26.7 Å². The average Bonchev–Trinajstić information content (AvgIpc) is 3.31. The molecule has 0 aromatic carbocycles. The van der Waals surface area contributed by atoms with Gasteiger partial charge in [0.25, 0.3) is 0 Å². The molecule has 2 fully saturated rings. The lowest BCUT2D eigenvalue weighted by molar-refractivity contribution is 0.188. The number of nitrogens with one attached hydrogen (secondary N) is 2. The van der Waals surface area contributed by atoms with Gasteiger partial charge in [-0.25, -0.2) is 9.67 Å². The second kappa shape index (κ2) is 10.9. The smallest absolute Gasteiger partial charge is 0.191 e. The van der Waals surface area contributed by atoms with Crippen LogP contribution in [-0.2, 0) is 6.54 Å². The third-order valence-electron chi connectivity index (χ3n) is 6.74. The Morgan fingerprint density at radius 1 is 1.07 bits per heavy atom. The number of aryl methyl sites for hydroxylation is 2. The largest absolute Gasteiger partial charge is 0.355 e. The van der Waals surface area contributed by atoms with Gasteiger partial charge in [-0.05, 0) is 57.9 Å². The molecule has 4 rings (SSSR count). The molecule has 0 radical (unpaired) electrons. The summed E-state index contributed by atoms with van der Waals surface area (Å²) < 4.78 is 2.05. The molecule has 1 aromatic rings. The summed E-state index contributed by atoms with van der Waals surface area (Å²) >= 11 is 0. The van der Waals surface area contributed by atoms with Crippen LogP contribution in [0.4, 0.5) is 0 Å². The normalized spacial score (nSPS) is 26.1. The Bertz CT molecular complexity index is 668. The first kappa shape index (κ1) is 22.8. The zero-order chi connectivity index (χ0) is 19.3. The van der Waals surface area contributed by atoms with E-state index >= 15 is 0 Å². The maximum atomic E-state index is 4.63. The summed E-state index contributed by atoms with van der Waals surface area (Å²) in [5, 5.41) is 11.7. The standard InChI is InChI=1S/C21H37N7.HI/c1-16-24-20-19(11-7-13-28(20)26-16)25-21(22-2)23-14-18-10-6-12-27(18)15-17-8-4-3-5-9-17;/h17-19H,3-15H2,1-2H3,(H2,22,23,25);1H. The maximum Gasteiger partial charge on any atom is 0.191 e. The van der Waals surface area contributed by atoms with E-state index in [2.05, 4.69) is 30.6 Å². The van der Waals surface area contributed by atoms with Crippen LogP contribution in [0.5, 0.6) is 0 Å². The lowest BCUT2D eigenvalue weighted by atomic mass is 9.89. The van der Waals surface area contributed by atoms with Crippen LogP contribution in [-0.4, -0.2) is 58.3 Å². The van der Waals surface area contributed by atoms with Gasteiger partial charge in [-0.2, -0.15) is 5.10 Å². The van der Waals surface area contributed by atoms with Gasteiger partial charge in [-0.1, -0.05) is 19.3 Å². The van der Waals surface area contributed by atoms with E-state index in [0.717, 1.165) is 49.5 Å². The molecule has 2 unspecified atom stereocenters. The zero-order valence-corrected chi connectivity index (χ0v) is 20.4. The number of hydrogen-bond acceptors (Lipinski definition) is 4. The van der Waals surface area contributed by atoms with Crippen LogP contribution in [0.2, 0.25) is 0 Å². The van der Waals surface area contributed by atoms with E-state index in [0.29, 0.717) is 6.04 Å². The summed E-state index contributed by atoms with van der Waals surface area (Å²) in [4.78, 5) is 11.8. The summed E-state index contributed by atoms with van der Waals surface area (Å²) in [6, 6.07) is 0.834. The van der Waals surface area contributed by atoms with Crippen molar-refractivity contribution < 1.29 is 0 Å². The molecule has 0 spiro atoms. The quantitative estimate of drug-likeness (QED) is 0.358. The molecule has 0 amide bonds. The predicted molar refractivity (Wildman–Crippen MR) is 128 cm³/mol. The zero-order valence-electron chi connectivity index (χ0n) is 18.1. The predicted octanol–water partition coefficient (Wildman–Crippen LogP) is 3.25. The number of fused-ring (bicyclic) bond motifs is 1. The van der Waals surface area contributed by atoms with E-state index in [1.807, 2.05) is 18.7 Å². The molecule has 7 nitrogen and oxygen atoms in total. The first-order valence-electron chi connectivity index (χ1n) is 11.4. The van der Waals surface area contributed by atoms with Crippen LogP contribution >= 0.6 is 24.0 Å². The highest BCUT2D eigenvalue weighted by molar-refractivity contribution is 14.0. The molecule has 2 aliphatic heterocycles. The molecule has 2 atom stereocenters. The highest BCUT2D eigenvalue weighted by Gasteiger charge is 2.28.